The number of aromatic nitrogens is 10. The Balaban J connectivity index is 0.834. The van der Waals surface area contributed by atoms with Crippen LogP contribution >= 0.6 is 0 Å². The van der Waals surface area contributed by atoms with Gasteiger partial charge in [-0.05, 0) is 58.8 Å². The van der Waals surface area contributed by atoms with Crippen LogP contribution in [0.5, 0.6) is 0 Å². The van der Waals surface area contributed by atoms with Crippen LogP contribution in [-0.2, 0) is 41.7 Å². The van der Waals surface area contributed by atoms with Crippen LogP contribution in [0.3, 0.4) is 0 Å². The lowest BCUT2D eigenvalue weighted by Crippen LogP contribution is -2.39. The summed E-state index contributed by atoms with van der Waals surface area (Å²) in [5.74, 6) is -0.813. The third-order valence-electron chi connectivity index (χ3n) is 15.5. The van der Waals surface area contributed by atoms with E-state index in [-0.39, 0.29) is 60.4 Å². The molecule has 0 bridgehead atoms. The van der Waals surface area contributed by atoms with Gasteiger partial charge < -0.3 is 29.2 Å². The van der Waals surface area contributed by atoms with E-state index in [1.54, 1.807) is 0 Å². The zero-order chi connectivity index (χ0) is 54.5. The van der Waals surface area contributed by atoms with Crippen LogP contribution in [0.2, 0.25) is 0 Å². The highest BCUT2D eigenvalue weighted by Crippen LogP contribution is 2.41. The third kappa shape index (κ3) is 11.7. The van der Waals surface area contributed by atoms with E-state index in [1.165, 1.54) is 14.2 Å². The van der Waals surface area contributed by atoms with Gasteiger partial charge in [0.05, 0.1) is 87.2 Å². The van der Waals surface area contributed by atoms with Gasteiger partial charge in [0.1, 0.15) is 23.0 Å². The van der Waals surface area contributed by atoms with E-state index in [0.29, 0.717) is 50.7 Å². The van der Waals surface area contributed by atoms with Crippen molar-refractivity contribution in [1.29, 1.82) is 0 Å². The summed E-state index contributed by atoms with van der Waals surface area (Å²) in [7, 11) is 2.70. The number of H-pyrrole nitrogens is 2. The van der Waals surface area contributed by atoms with Crippen molar-refractivity contribution in [1.82, 2.24) is 59.7 Å². The van der Waals surface area contributed by atoms with Crippen LogP contribution in [0.15, 0.2) is 134 Å². The Morgan fingerprint density at radius 3 is 1.26 bits per heavy atom. The van der Waals surface area contributed by atoms with Crippen molar-refractivity contribution < 1.29 is 28.7 Å². The zero-order valence-corrected chi connectivity index (χ0v) is 44.9. The van der Waals surface area contributed by atoms with Crippen LogP contribution in [0.1, 0.15) is 77.1 Å². The van der Waals surface area contributed by atoms with Crippen LogP contribution in [-0.4, -0.2) is 111 Å². The van der Waals surface area contributed by atoms with Crippen molar-refractivity contribution in [3.63, 3.8) is 0 Å². The first-order valence-electron chi connectivity index (χ1n) is 26.8. The van der Waals surface area contributed by atoms with Gasteiger partial charge in [-0.2, -0.15) is 0 Å². The number of esters is 2. The fourth-order valence-electron chi connectivity index (χ4n) is 11.1. The fraction of sp³-hybridized carbons (Fsp3) is 0.367. The van der Waals surface area contributed by atoms with Gasteiger partial charge in [0.25, 0.3) is 0 Å². The third-order valence-corrected chi connectivity index (χ3v) is 15.5. The molecule has 6 atom stereocenters. The first-order chi connectivity index (χ1) is 37.8. The first-order valence-corrected chi connectivity index (χ1v) is 26.8. The number of carbonyl (C=O) groups is 4. The monoisotopic (exact) mass is 1050 g/mol. The second-order valence-corrected chi connectivity index (χ2v) is 21.4. The summed E-state index contributed by atoms with van der Waals surface area (Å²) in [6.07, 6.45) is 8.81. The highest BCUT2D eigenvalue weighted by Gasteiger charge is 2.43. The van der Waals surface area contributed by atoms with E-state index in [9.17, 15) is 19.2 Å². The Labute approximate surface area is 453 Å². The minimum atomic E-state index is -0.549. The maximum Gasteiger partial charge on any atom is 0.306 e. The number of carbonyl (C=O) groups excluding carboxylic acids is 4. The highest BCUT2D eigenvalue weighted by atomic mass is 16.5. The number of nitrogens with one attached hydrogen (secondary N) is 2. The second kappa shape index (κ2) is 23.4. The van der Waals surface area contributed by atoms with Crippen molar-refractivity contribution in [2.75, 3.05) is 27.3 Å². The molecule has 2 fully saturated rings. The molecule has 2 aliphatic rings. The lowest BCUT2D eigenvalue weighted by molar-refractivity contribution is -0.148. The molecule has 10 rings (SSSR count). The minimum Gasteiger partial charge on any atom is -0.469 e. The van der Waals surface area contributed by atoms with E-state index in [1.807, 2.05) is 132 Å². The molecule has 0 aliphatic carbocycles. The van der Waals surface area contributed by atoms with Gasteiger partial charge in [-0.15, -0.1) is 10.2 Å². The Bertz CT molecular complexity index is 3110. The minimum absolute atomic E-state index is 0.000760. The summed E-state index contributed by atoms with van der Waals surface area (Å²) >= 11 is 0. The number of hydrogen-bond donors (Lipinski definition) is 2. The maximum atomic E-state index is 14.4. The van der Waals surface area contributed by atoms with Crippen molar-refractivity contribution in [2.24, 2.45) is 35.5 Å². The predicted molar refractivity (Wildman–Crippen MR) is 293 cm³/mol. The van der Waals surface area contributed by atoms with Crippen LogP contribution in [0.4, 0.5) is 0 Å². The summed E-state index contributed by atoms with van der Waals surface area (Å²) in [5.41, 5.74) is 9.12. The van der Waals surface area contributed by atoms with Crippen molar-refractivity contribution in [3.05, 3.63) is 146 Å². The zero-order valence-electron chi connectivity index (χ0n) is 44.9. The van der Waals surface area contributed by atoms with Gasteiger partial charge in [-0.1, -0.05) is 147 Å². The van der Waals surface area contributed by atoms with E-state index in [4.69, 9.17) is 19.4 Å². The van der Waals surface area contributed by atoms with Crippen LogP contribution in [0.25, 0.3) is 56.2 Å². The lowest BCUT2D eigenvalue weighted by Gasteiger charge is -2.29. The van der Waals surface area contributed by atoms with Crippen molar-refractivity contribution >= 4 is 23.8 Å². The Hall–Kier alpha value is -8.54. The largest absolute Gasteiger partial charge is 0.469 e. The molecule has 0 saturated carbocycles. The summed E-state index contributed by atoms with van der Waals surface area (Å²) < 4.78 is 13.7. The summed E-state index contributed by atoms with van der Waals surface area (Å²) in [6, 6.07) is 35.7. The molecule has 2 aliphatic heterocycles. The molecule has 4 aromatic carbocycles. The van der Waals surface area contributed by atoms with Crippen molar-refractivity contribution in [2.45, 2.75) is 78.6 Å². The number of ether oxygens (including phenoxy) is 2. The predicted octanol–water partition coefficient (Wildman–Crippen LogP) is 9.50. The van der Waals surface area contributed by atoms with E-state index >= 15 is 0 Å². The van der Waals surface area contributed by atoms with Crippen LogP contribution in [0, 0.1) is 35.5 Å². The molecule has 0 unspecified atom stereocenters. The van der Waals surface area contributed by atoms with Gasteiger partial charge in [-0.3, -0.25) is 28.5 Å². The summed E-state index contributed by atoms with van der Waals surface area (Å²) in [5, 5.41) is 17.7. The number of likely N-dealkylation sites (tertiary alicyclic amines) is 2. The molecule has 402 valence electrons. The number of methoxy groups -OCH3 is 2. The standard InChI is InChI=1S/C60H66N12O6/c1-37(2)47(27-55(73)77-5)59(75)71-33-39(31-69-35-51(65-67-69)43-13-9-7-10-14-43)25-53(71)57-61-29-49(63-57)45-21-17-41(18-22-45)42-19-23-46(24-20-42)50-30-62-58(64-50)54-26-40(32-70-36-52(66-68-70)44-15-11-8-12-16-44)34-72(54)60(76)48(38(3)4)28-56(74)78-6/h7-24,29-30,35-40,47-48,53-54H,25-28,31-34H2,1-6H3,(H,61,63)(H,62,64)/t39-,40-,47+,48+,53+,54+/m1/s1. The molecular weight excluding hydrogens is 985 g/mol. The molecule has 6 heterocycles. The van der Waals surface area contributed by atoms with Crippen molar-refractivity contribution in [3.8, 4) is 56.2 Å². The smallest absolute Gasteiger partial charge is 0.306 e. The van der Waals surface area contributed by atoms with Gasteiger partial charge >= 0.3 is 11.9 Å². The van der Waals surface area contributed by atoms with E-state index in [0.717, 1.165) is 56.2 Å². The molecule has 8 aromatic rings. The van der Waals surface area contributed by atoms with Gasteiger partial charge in [0.2, 0.25) is 11.8 Å². The molecule has 18 heteroatoms. The molecule has 4 aromatic heterocycles. The van der Waals surface area contributed by atoms with E-state index < -0.39 is 23.8 Å². The molecule has 18 nitrogen and oxygen atoms in total. The Morgan fingerprint density at radius 2 is 0.897 bits per heavy atom. The SMILES string of the molecule is COC(=O)C[C@H](C(=O)N1C[C@@H](Cn2cc(-c3ccccc3)nn2)C[C@H]1c1ncc(-c2ccc(-c3ccc(-c4cnc([C@@H]5C[C@H](Cn6cc(-c7ccccc7)nn6)CN5C(=O)[C@@H](CC(=O)OC)C(C)C)[nH]4)cc3)cc2)[nH]1)C(C)C. The second-order valence-electron chi connectivity index (χ2n) is 21.4. The summed E-state index contributed by atoms with van der Waals surface area (Å²) in [6.45, 7) is 9.91. The fourth-order valence-corrected chi connectivity index (χ4v) is 11.1. The Kier molecular flexibility index (Phi) is 15.8. The molecule has 2 N–H and O–H groups in total. The molecule has 0 radical (unpaired) electrons. The number of nitrogens with zero attached hydrogens (tertiary/aromatic N) is 10. The number of benzene rings is 4. The molecule has 0 spiro atoms. The topological polar surface area (TPSA) is 212 Å². The normalized spacial score (nSPS) is 18.2. The number of aromatic amines is 2. The van der Waals surface area contributed by atoms with Crippen LogP contribution < -0.4 is 0 Å². The molecule has 78 heavy (non-hydrogen) atoms. The maximum absolute atomic E-state index is 14.4. The lowest BCUT2D eigenvalue weighted by atomic mass is 9.90. The Morgan fingerprint density at radius 1 is 0.526 bits per heavy atom. The average molecular weight is 1050 g/mol. The molecule has 2 amide bonds. The number of rotatable bonds is 19. The van der Waals surface area contributed by atoms with Gasteiger partial charge in [0, 0.05) is 37.3 Å². The number of amides is 2. The van der Waals surface area contributed by atoms with Gasteiger partial charge in [-0.25, -0.2) is 9.97 Å². The molecule has 2 saturated heterocycles. The highest BCUT2D eigenvalue weighted by molar-refractivity contribution is 5.85. The summed E-state index contributed by atoms with van der Waals surface area (Å²) in [4.78, 5) is 74.5. The van der Waals surface area contributed by atoms with E-state index in [2.05, 4.69) is 79.1 Å². The average Bonchev–Trinajstić information content (AvgIpc) is 4.40. The first kappa shape index (κ1) is 52.9. The number of imidazole rings is 2. The number of hydrogen-bond acceptors (Lipinski definition) is 12. The molecular formula is C60H66N12O6. The quantitative estimate of drug-likeness (QED) is 0.0725. The van der Waals surface area contributed by atoms with Gasteiger partial charge in [0.15, 0.2) is 0 Å².